The molecule has 1 amide bonds. The van der Waals surface area contributed by atoms with Gasteiger partial charge in [0.15, 0.2) is 0 Å². The fourth-order valence-electron chi connectivity index (χ4n) is 1.23. The van der Waals surface area contributed by atoms with Gasteiger partial charge in [-0.1, -0.05) is 23.2 Å². The molecule has 0 saturated heterocycles. The number of hydrogen-bond donors (Lipinski definition) is 1. The van der Waals surface area contributed by atoms with Gasteiger partial charge in [0, 0.05) is 9.26 Å². The molecule has 0 spiro atoms. The van der Waals surface area contributed by atoms with E-state index < -0.39 is 0 Å². The van der Waals surface area contributed by atoms with Crippen LogP contribution in [0.2, 0.25) is 8.67 Å². The number of benzene rings is 1. The van der Waals surface area contributed by atoms with Crippen LogP contribution < -0.4 is 5.32 Å². The van der Waals surface area contributed by atoms with Gasteiger partial charge < -0.3 is 5.32 Å². The average molecular weight is 398 g/mol. The maximum absolute atomic E-state index is 11.9. The number of anilines is 1. The summed E-state index contributed by atoms with van der Waals surface area (Å²) in [7, 11) is 0. The largest absolute Gasteiger partial charge is 0.322 e. The normalized spacial score (nSPS) is 10.3. The van der Waals surface area contributed by atoms with Crippen LogP contribution >= 0.6 is 57.1 Å². The van der Waals surface area contributed by atoms with E-state index >= 15 is 0 Å². The second kappa shape index (κ2) is 5.56. The van der Waals surface area contributed by atoms with Gasteiger partial charge in [-0.3, -0.25) is 4.79 Å². The molecule has 0 aliphatic heterocycles. The summed E-state index contributed by atoms with van der Waals surface area (Å²) in [6.45, 7) is 0. The first-order valence-corrected chi connectivity index (χ1v) is 7.23. The van der Waals surface area contributed by atoms with Crippen LogP contribution in [-0.4, -0.2) is 5.91 Å². The van der Waals surface area contributed by atoms with Gasteiger partial charge in [-0.25, -0.2) is 0 Å². The second-order valence-corrected chi connectivity index (χ2v) is 6.73. The summed E-state index contributed by atoms with van der Waals surface area (Å²) in [5.74, 6) is -0.251. The minimum atomic E-state index is -0.251. The summed E-state index contributed by atoms with van der Waals surface area (Å²) >= 11 is 15.1. The fourth-order valence-corrected chi connectivity index (χ4v) is 3.04. The average Bonchev–Trinajstić information content (AvgIpc) is 2.61. The molecule has 1 aromatic heterocycles. The van der Waals surface area contributed by atoms with E-state index in [9.17, 15) is 4.79 Å². The van der Waals surface area contributed by atoms with Crippen molar-refractivity contribution >= 4 is 68.7 Å². The molecule has 1 N–H and O–H groups in total. The maximum atomic E-state index is 11.9. The molecule has 2 rings (SSSR count). The molecule has 0 fully saturated rings. The van der Waals surface area contributed by atoms with Gasteiger partial charge in [0.25, 0.3) is 5.91 Å². The van der Waals surface area contributed by atoms with Crippen LogP contribution in [0.4, 0.5) is 5.69 Å². The van der Waals surface area contributed by atoms with Crippen molar-refractivity contribution in [2.24, 2.45) is 0 Å². The smallest absolute Gasteiger partial charge is 0.258 e. The van der Waals surface area contributed by atoms with Gasteiger partial charge in [-0.2, -0.15) is 0 Å². The highest BCUT2D eigenvalue weighted by Gasteiger charge is 2.14. The predicted octanol–water partition coefficient (Wildman–Crippen LogP) is 4.91. The lowest BCUT2D eigenvalue weighted by Crippen LogP contribution is -2.11. The minimum Gasteiger partial charge on any atom is -0.322 e. The van der Waals surface area contributed by atoms with E-state index in [0.717, 1.165) is 9.26 Å². The van der Waals surface area contributed by atoms with Crippen LogP contribution in [-0.2, 0) is 0 Å². The van der Waals surface area contributed by atoms with Crippen LogP contribution in [0.25, 0.3) is 0 Å². The van der Waals surface area contributed by atoms with Crippen molar-refractivity contribution in [1.29, 1.82) is 0 Å². The fraction of sp³-hybridized carbons (Fsp3) is 0. The Bertz CT molecular complexity index is 553. The van der Waals surface area contributed by atoms with Crippen LogP contribution in [0.5, 0.6) is 0 Å². The molecule has 2 nitrogen and oxygen atoms in total. The Kier molecular flexibility index (Phi) is 4.30. The highest BCUT2D eigenvalue weighted by atomic mass is 127. The molecule has 0 saturated carbocycles. The van der Waals surface area contributed by atoms with Crippen molar-refractivity contribution in [3.63, 3.8) is 0 Å². The molecule has 2 aromatic rings. The molecule has 17 heavy (non-hydrogen) atoms. The number of rotatable bonds is 2. The van der Waals surface area contributed by atoms with Gasteiger partial charge in [0.05, 0.1) is 9.90 Å². The van der Waals surface area contributed by atoms with Gasteiger partial charge in [-0.15, -0.1) is 11.3 Å². The van der Waals surface area contributed by atoms with Crippen LogP contribution in [0.1, 0.15) is 10.4 Å². The molecule has 88 valence electrons. The first-order chi connectivity index (χ1) is 8.06. The van der Waals surface area contributed by atoms with Crippen molar-refractivity contribution in [3.05, 3.63) is 48.1 Å². The molecular weight excluding hydrogens is 392 g/mol. The number of thiophene rings is 1. The molecule has 0 bridgehead atoms. The number of amides is 1. The number of carbonyl (C=O) groups excluding carboxylic acids is 1. The molecule has 0 atom stereocenters. The first-order valence-electron chi connectivity index (χ1n) is 4.58. The van der Waals surface area contributed by atoms with Gasteiger partial charge in [-0.05, 0) is 52.9 Å². The van der Waals surface area contributed by atoms with Crippen molar-refractivity contribution in [2.45, 2.75) is 0 Å². The van der Waals surface area contributed by atoms with Crippen molar-refractivity contribution in [2.75, 3.05) is 5.32 Å². The quantitative estimate of drug-likeness (QED) is 0.716. The van der Waals surface area contributed by atoms with E-state index in [0.29, 0.717) is 14.2 Å². The highest BCUT2D eigenvalue weighted by Crippen LogP contribution is 2.31. The Labute approximate surface area is 126 Å². The van der Waals surface area contributed by atoms with E-state index in [1.165, 1.54) is 11.3 Å². The molecule has 0 radical (unpaired) electrons. The SMILES string of the molecule is O=C(Nc1ccc(I)cc1)c1cc(Cl)sc1Cl. The topological polar surface area (TPSA) is 29.1 Å². The Morgan fingerprint density at radius 2 is 1.88 bits per heavy atom. The highest BCUT2D eigenvalue weighted by molar-refractivity contribution is 14.1. The third-order valence-electron chi connectivity index (χ3n) is 2.00. The van der Waals surface area contributed by atoms with E-state index in [4.69, 9.17) is 23.2 Å². The van der Waals surface area contributed by atoms with E-state index in [2.05, 4.69) is 27.9 Å². The lowest BCUT2D eigenvalue weighted by atomic mass is 10.3. The summed E-state index contributed by atoms with van der Waals surface area (Å²) in [4.78, 5) is 11.9. The molecule has 0 aliphatic rings. The van der Waals surface area contributed by atoms with Crippen LogP contribution in [0.15, 0.2) is 30.3 Å². The monoisotopic (exact) mass is 397 g/mol. The third-order valence-corrected chi connectivity index (χ3v) is 4.21. The van der Waals surface area contributed by atoms with Crippen molar-refractivity contribution < 1.29 is 4.79 Å². The number of nitrogens with one attached hydrogen (secondary N) is 1. The van der Waals surface area contributed by atoms with Gasteiger partial charge in [0.2, 0.25) is 0 Å². The van der Waals surface area contributed by atoms with Gasteiger partial charge in [0.1, 0.15) is 4.34 Å². The summed E-state index contributed by atoms with van der Waals surface area (Å²) in [6, 6.07) is 9.07. The Hall–Kier alpha value is -0.300. The van der Waals surface area contributed by atoms with Crippen LogP contribution in [0.3, 0.4) is 0 Å². The lowest BCUT2D eigenvalue weighted by molar-refractivity contribution is 0.102. The summed E-state index contributed by atoms with van der Waals surface area (Å²) in [5, 5.41) is 2.76. The van der Waals surface area contributed by atoms with Gasteiger partial charge >= 0.3 is 0 Å². The Morgan fingerprint density at radius 3 is 2.41 bits per heavy atom. The Balaban J connectivity index is 2.17. The minimum absolute atomic E-state index is 0.251. The summed E-state index contributed by atoms with van der Waals surface area (Å²) in [6.07, 6.45) is 0. The number of carbonyl (C=O) groups is 1. The molecule has 0 aliphatic carbocycles. The third kappa shape index (κ3) is 3.34. The van der Waals surface area contributed by atoms with Crippen molar-refractivity contribution in [1.82, 2.24) is 0 Å². The molecule has 1 aromatic carbocycles. The second-order valence-electron chi connectivity index (χ2n) is 3.20. The van der Waals surface area contributed by atoms with E-state index in [1.54, 1.807) is 6.07 Å². The van der Waals surface area contributed by atoms with Crippen LogP contribution in [0, 0.1) is 3.57 Å². The Morgan fingerprint density at radius 1 is 1.24 bits per heavy atom. The lowest BCUT2D eigenvalue weighted by Gasteiger charge is -2.03. The summed E-state index contributed by atoms with van der Waals surface area (Å²) < 4.78 is 2.01. The predicted molar refractivity (Wildman–Crippen MR) is 81.5 cm³/mol. The summed E-state index contributed by atoms with van der Waals surface area (Å²) in [5.41, 5.74) is 1.13. The molecule has 0 unspecified atom stereocenters. The zero-order valence-corrected chi connectivity index (χ0v) is 12.8. The zero-order valence-electron chi connectivity index (χ0n) is 8.34. The maximum Gasteiger partial charge on any atom is 0.258 e. The number of halogens is 3. The van der Waals surface area contributed by atoms with E-state index in [1.807, 2.05) is 24.3 Å². The zero-order chi connectivity index (χ0) is 12.4. The standard InChI is InChI=1S/C11H6Cl2INOS/c12-9-5-8(10(13)17-9)11(16)15-7-3-1-6(14)2-4-7/h1-5H,(H,15,16). The van der Waals surface area contributed by atoms with Crippen molar-refractivity contribution in [3.8, 4) is 0 Å². The molecular formula is C11H6Cl2INOS. The van der Waals surface area contributed by atoms with E-state index in [-0.39, 0.29) is 5.91 Å². The molecule has 6 heteroatoms. The number of hydrogen-bond acceptors (Lipinski definition) is 2. The first kappa shape index (κ1) is 13.1. The molecule has 1 heterocycles.